The van der Waals surface area contributed by atoms with Gasteiger partial charge in [0.1, 0.15) is 0 Å². The van der Waals surface area contributed by atoms with Crippen LogP contribution < -0.4 is 0 Å². The molecule has 0 rings (SSSR count). The van der Waals surface area contributed by atoms with Crippen LogP contribution in [0.4, 0.5) is 0 Å². The molecule has 0 amide bonds. The quantitative estimate of drug-likeness (QED) is 0.437. The van der Waals surface area contributed by atoms with Gasteiger partial charge in [-0.25, -0.2) is 0 Å². The van der Waals surface area contributed by atoms with Crippen molar-refractivity contribution >= 4 is 38.1 Å². The lowest BCUT2D eigenvalue weighted by Crippen LogP contribution is -2.47. The highest BCUT2D eigenvalue weighted by molar-refractivity contribution is 6.56. The van der Waals surface area contributed by atoms with E-state index in [9.17, 15) is 0 Å². The van der Waals surface area contributed by atoms with Gasteiger partial charge in [-0.1, -0.05) is 20.8 Å². The topological polar surface area (TPSA) is 55.4 Å². The number of rotatable bonds is 12. The van der Waals surface area contributed by atoms with Gasteiger partial charge in [-0.2, -0.15) is 0 Å². The lowest BCUT2D eigenvalue weighted by Gasteiger charge is -2.49. The zero-order valence-electron chi connectivity index (χ0n) is 16.4. The Bertz CT molecular complexity index is 267. The van der Waals surface area contributed by atoms with Crippen molar-refractivity contribution in [2.45, 2.75) is 42.4 Å². The summed E-state index contributed by atoms with van der Waals surface area (Å²) in [4.78, 5) is 0. The monoisotopic (exact) mass is 400 g/mol. The van der Waals surface area contributed by atoms with Crippen molar-refractivity contribution in [2.24, 2.45) is 0 Å². The van der Waals surface area contributed by atoms with Crippen molar-refractivity contribution in [1.82, 2.24) is 0 Å². The summed E-state index contributed by atoms with van der Waals surface area (Å²) in [5, 5.41) is 0.0225. The molecule has 0 aliphatic rings. The van der Waals surface area contributed by atoms with Crippen molar-refractivity contribution in [3.8, 4) is 0 Å². The van der Waals surface area contributed by atoms with Gasteiger partial charge in [-0.3, -0.25) is 0 Å². The fraction of sp³-hybridized carbons (Fsp3) is 1.00. The van der Waals surface area contributed by atoms with Crippen molar-refractivity contribution in [2.75, 3.05) is 42.7 Å². The van der Waals surface area contributed by atoms with Crippen LogP contribution in [0.25, 0.3) is 0 Å². The summed E-state index contributed by atoms with van der Waals surface area (Å²) in [7, 11) is 6.07. The molecule has 0 radical (unpaired) electrons. The molecule has 0 saturated heterocycles. The van der Waals surface area contributed by atoms with Crippen LogP contribution in [-0.4, -0.2) is 80.8 Å². The Hall–Kier alpha value is 0.628. The first kappa shape index (κ1) is 23.6. The van der Waals surface area contributed by atoms with Crippen molar-refractivity contribution in [1.29, 1.82) is 0 Å². The molecule has 0 fully saturated rings. The molecular weight excluding hydrogens is 364 g/mol. The van der Waals surface area contributed by atoms with E-state index < -0.39 is 27.9 Å². The molecule has 0 saturated carbocycles. The van der Waals surface area contributed by atoms with Gasteiger partial charge >= 0.3 is 27.9 Å². The first-order valence-electron chi connectivity index (χ1n) is 7.96. The largest absolute Gasteiger partial charge is 0.400 e. The van der Waals surface area contributed by atoms with Gasteiger partial charge in [0.05, 0.1) is 0 Å². The van der Waals surface area contributed by atoms with Crippen LogP contribution in [-0.2, 0) is 26.6 Å². The Kier molecular flexibility index (Phi) is 11.6. The first-order chi connectivity index (χ1) is 10.8. The van der Waals surface area contributed by atoms with Crippen LogP contribution in [0.3, 0.4) is 0 Å². The summed E-state index contributed by atoms with van der Waals surface area (Å²) in [5.41, 5.74) is 0.944. The van der Waals surface area contributed by atoms with Crippen LogP contribution in [0.2, 0.25) is 21.7 Å². The molecule has 10 heteroatoms. The summed E-state index contributed by atoms with van der Waals surface area (Å²) < 4.78 is 34.2. The molecule has 0 aromatic rings. The highest BCUT2D eigenvalue weighted by Crippen LogP contribution is 2.59. The molecular formula is C13H36O6Si4. The van der Waals surface area contributed by atoms with E-state index in [1.165, 1.54) is 0 Å². The molecule has 0 bridgehead atoms. The zero-order chi connectivity index (χ0) is 18.2. The van der Waals surface area contributed by atoms with Crippen molar-refractivity contribution in [3.05, 3.63) is 0 Å². The minimum Gasteiger partial charge on any atom is -0.400 e. The van der Waals surface area contributed by atoms with E-state index in [0.29, 0.717) is 16.6 Å². The molecule has 3 unspecified atom stereocenters. The maximum atomic E-state index is 5.71. The molecule has 0 heterocycles. The van der Waals surface area contributed by atoms with Gasteiger partial charge in [-0.15, -0.1) is 0 Å². The zero-order valence-corrected chi connectivity index (χ0v) is 21.9. The predicted octanol–water partition coefficient (Wildman–Crippen LogP) is 0.221. The predicted molar refractivity (Wildman–Crippen MR) is 104 cm³/mol. The fourth-order valence-electron chi connectivity index (χ4n) is 3.64. The van der Waals surface area contributed by atoms with E-state index in [-0.39, 0.29) is 5.04 Å². The Morgan fingerprint density at radius 1 is 0.565 bits per heavy atom. The van der Waals surface area contributed by atoms with Gasteiger partial charge in [0.2, 0.25) is 0 Å². The minimum atomic E-state index is -1.79. The summed E-state index contributed by atoms with van der Waals surface area (Å²) >= 11 is 0. The van der Waals surface area contributed by atoms with Gasteiger partial charge in [0, 0.05) is 52.9 Å². The lowest BCUT2D eigenvalue weighted by molar-refractivity contribution is 0.215. The highest BCUT2D eigenvalue weighted by Gasteiger charge is 2.52. The molecule has 23 heavy (non-hydrogen) atoms. The molecule has 3 atom stereocenters. The van der Waals surface area contributed by atoms with Crippen LogP contribution in [0.15, 0.2) is 0 Å². The van der Waals surface area contributed by atoms with Crippen LogP contribution in [0.5, 0.6) is 0 Å². The Morgan fingerprint density at radius 3 is 0.870 bits per heavy atom. The van der Waals surface area contributed by atoms with E-state index in [4.69, 9.17) is 26.6 Å². The van der Waals surface area contributed by atoms with Crippen LogP contribution in [0, 0.1) is 0 Å². The number of hydrogen-bond acceptors (Lipinski definition) is 6. The maximum absolute atomic E-state index is 5.71. The fourth-order valence-corrected chi connectivity index (χ4v) is 13.4. The van der Waals surface area contributed by atoms with E-state index >= 15 is 0 Å². The second-order valence-electron chi connectivity index (χ2n) is 6.25. The Balaban J connectivity index is 5.84. The minimum absolute atomic E-state index is 0.0225. The van der Waals surface area contributed by atoms with Gasteiger partial charge in [0.15, 0.2) is 0 Å². The summed E-state index contributed by atoms with van der Waals surface area (Å²) in [6.45, 7) is 6.74. The standard InChI is InChI=1S/C13H36O6Si4/c1-10(21(14-4)15-5)13(20,11(2)22(16-6)17-7)12(3)23(18-8)19-9/h10-12,21-23H,1-9,20H3. The summed E-state index contributed by atoms with van der Waals surface area (Å²) in [6, 6.07) is 0. The molecule has 0 N–H and O–H groups in total. The molecule has 0 aliphatic heterocycles. The lowest BCUT2D eigenvalue weighted by atomic mass is 9.96. The Morgan fingerprint density at radius 2 is 0.739 bits per heavy atom. The molecule has 0 spiro atoms. The van der Waals surface area contributed by atoms with Crippen molar-refractivity contribution in [3.63, 3.8) is 0 Å². The van der Waals surface area contributed by atoms with E-state index in [1.54, 1.807) is 42.7 Å². The third kappa shape index (κ3) is 5.30. The molecule has 0 aliphatic carbocycles. The molecule has 0 aromatic carbocycles. The highest BCUT2D eigenvalue weighted by atomic mass is 28.3. The Labute approximate surface area is 150 Å². The second kappa shape index (κ2) is 11.3. The van der Waals surface area contributed by atoms with Crippen LogP contribution >= 0.6 is 0 Å². The first-order valence-corrected chi connectivity index (χ1v) is 13.8. The third-order valence-corrected chi connectivity index (χ3v) is 17.7. The smallest absolute Gasteiger partial charge is 0.324 e. The van der Waals surface area contributed by atoms with Crippen LogP contribution in [0.1, 0.15) is 20.8 Å². The molecule has 0 aromatic heterocycles. The third-order valence-electron chi connectivity index (χ3n) is 5.56. The van der Waals surface area contributed by atoms with Gasteiger partial charge in [-0.05, 0) is 21.7 Å². The normalized spacial score (nSPS) is 19.3. The van der Waals surface area contributed by atoms with Crippen molar-refractivity contribution < 1.29 is 26.6 Å². The second-order valence-corrected chi connectivity index (χ2v) is 16.0. The van der Waals surface area contributed by atoms with E-state index in [0.717, 1.165) is 10.2 Å². The maximum Gasteiger partial charge on any atom is 0.324 e. The average Bonchev–Trinajstić information content (AvgIpc) is 2.56. The molecule has 140 valence electrons. The summed E-state index contributed by atoms with van der Waals surface area (Å²) in [5.74, 6) is 0. The van der Waals surface area contributed by atoms with E-state index in [1.807, 2.05) is 0 Å². The van der Waals surface area contributed by atoms with Gasteiger partial charge < -0.3 is 26.6 Å². The summed E-state index contributed by atoms with van der Waals surface area (Å²) in [6.07, 6.45) is 0. The van der Waals surface area contributed by atoms with E-state index in [2.05, 4.69) is 20.8 Å². The average molecular weight is 401 g/mol. The SMILES string of the molecule is CO[SiH](OC)C(C)C([SiH3])(C(C)[SiH](OC)OC)C(C)[SiH](OC)OC. The van der Waals surface area contributed by atoms with Gasteiger partial charge in [0.25, 0.3) is 0 Å². The number of hydrogen-bond donors (Lipinski definition) is 0. The molecule has 6 nitrogen and oxygen atoms in total.